The minimum atomic E-state index is -3.32. The van der Waals surface area contributed by atoms with Crippen molar-refractivity contribution in [3.05, 3.63) is 42.1 Å². The lowest BCUT2D eigenvalue weighted by Crippen LogP contribution is -2.17. The molecule has 1 N–H and O–H groups in total. The van der Waals surface area contributed by atoms with Crippen LogP contribution in [0.1, 0.15) is 5.56 Å². The molecule has 1 aromatic carbocycles. The average Bonchev–Trinajstić information content (AvgIpc) is 2.26. The smallest absolute Gasteiger partial charge is 0.261 e. The van der Waals surface area contributed by atoms with E-state index in [4.69, 9.17) is 0 Å². The average molecular weight is 195 g/mol. The molecule has 2 rings (SSSR count). The van der Waals surface area contributed by atoms with Crippen LogP contribution in [0.15, 0.2) is 41.4 Å². The van der Waals surface area contributed by atoms with E-state index >= 15 is 0 Å². The van der Waals surface area contributed by atoms with Gasteiger partial charge in [0, 0.05) is 6.20 Å². The maximum absolute atomic E-state index is 11.5. The number of benzene rings is 1. The monoisotopic (exact) mass is 195 g/mol. The summed E-state index contributed by atoms with van der Waals surface area (Å²) in [5.74, 6) is 0. The number of sulfonamides is 1. The standard InChI is InChI=1S/C9H9NO2S/c11-13(12)9-6-2-1-4-8(9)5-3-7-10-13/h1-4,6-7,10H,5H2. The van der Waals surface area contributed by atoms with Crippen molar-refractivity contribution < 1.29 is 8.42 Å². The van der Waals surface area contributed by atoms with Gasteiger partial charge in [0.25, 0.3) is 10.0 Å². The van der Waals surface area contributed by atoms with Gasteiger partial charge in [-0.05, 0) is 18.1 Å². The summed E-state index contributed by atoms with van der Waals surface area (Å²) in [5, 5.41) is 0. The fourth-order valence-corrected chi connectivity index (χ4v) is 2.48. The van der Waals surface area contributed by atoms with Gasteiger partial charge < -0.3 is 0 Å². The van der Waals surface area contributed by atoms with E-state index in [1.165, 1.54) is 6.20 Å². The summed E-state index contributed by atoms with van der Waals surface area (Å²) >= 11 is 0. The number of nitrogens with one attached hydrogen (secondary N) is 1. The summed E-state index contributed by atoms with van der Waals surface area (Å²) in [6.45, 7) is 0. The van der Waals surface area contributed by atoms with E-state index < -0.39 is 10.0 Å². The van der Waals surface area contributed by atoms with Crippen molar-refractivity contribution >= 4 is 10.0 Å². The van der Waals surface area contributed by atoms with Gasteiger partial charge in [-0.3, -0.25) is 4.72 Å². The first-order valence-electron chi connectivity index (χ1n) is 3.95. The summed E-state index contributed by atoms with van der Waals surface area (Å²) in [6, 6.07) is 7.01. The molecule has 4 heteroatoms. The summed E-state index contributed by atoms with van der Waals surface area (Å²) in [7, 11) is -3.32. The molecular formula is C9H9NO2S. The predicted molar refractivity (Wildman–Crippen MR) is 49.6 cm³/mol. The third-order valence-electron chi connectivity index (χ3n) is 1.94. The van der Waals surface area contributed by atoms with Crippen LogP contribution in [0.2, 0.25) is 0 Å². The second kappa shape index (κ2) is 2.88. The SMILES string of the molecule is O=S1(=O)NC=CCc2ccccc21. The minimum absolute atomic E-state index is 0.375. The minimum Gasteiger partial charge on any atom is -0.287 e. The Morgan fingerprint density at radius 1 is 1.23 bits per heavy atom. The zero-order valence-corrected chi connectivity index (χ0v) is 7.71. The summed E-state index contributed by atoms with van der Waals surface area (Å²) in [4.78, 5) is 0.375. The third kappa shape index (κ3) is 1.45. The molecule has 0 aliphatic carbocycles. The van der Waals surface area contributed by atoms with Gasteiger partial charge in [-0.1, -0.05) is 24.3 Å². The van der Waals surface area contributed by atoms with Gasteiger partial charge in [0.05, 0.1) is 4.90 Å². The van der Waals surface area contributed by atoms with Crippen molar-refractivity contribution in [3.63, 3.8) is 0 Å². The normalized spacial score (nSPS) is 18.5. The van der Waals surface area contributed by atoms with Crippen molar-refractivity contribution in [2.45, 2.75) is 11.3 Å². The Morgan fingerprint density at radius 3 is 2.85 bits per heavy atom. The molecule has 0 aromatic heterocycles. The molecular weight excluding hydrogens is 186 g/mol. The largest absolute Gasteiger partial charge is 0.287 e. The fourth-order valence-electron chi connectivity index (χ4n) is 1.32. The van der Waals surface area contributed by atoms with E-state index in [9.17, 15) is 8.42 Å². The highest BCUT2D eigenvalue weighted by atomic mass is 32.2. The highest BCUT2D eigenvalue weighted by molar-refractivity contribution is 7.89. The van der Waals surface area contributed by atoms with Gasteiger partial charge in [0.2, 0.25) is 0 Å². The Labute approximate surface area is 77.1 Å². The van der Waals surface area contributed by atoms with Crippen LogP contribution in [-0.2, 0) is 16.4 Å². The number of allylic oxidation sites excluding steroid dienone is 1. The Kier molecular flexibility index (Phi) is 1.84. The predicted octanol–water partition coefficient (Wildman–Crippen LogP) is 1.03. The van der Waals surface area contributed by atoms with Crippen molar-refractivity contribution in [2.75, 3.05) is 0 Å². The van der Waals surface area contributed by atoms with E-state index in [-0.39, 0.29) is 0 Å². The maximum Gasteiger partial charge on any atom is 0.261 e. The zero-order valence-electron chi connectivity index (χ0n) is 6.90. The molecule has 0 saturated heterocycles. The molecule has 0 spiro atoms. The van der Waals surface area contributed by atoms with Crippen LogP contribution in [0.25, 0.3) is 0 Å². The molecule has 0 atom stereocenters. The molecule has 1 heterocycles. The molecule has 0 bridgehead atoms. The Hall–Kier alpha value is -1.29. The van der Waals surface area contributed by atoms with Gasteiger partial charge in [0.1, 0.15) is 0 Å². The van der Waals surface area contributed by atoms with Crippen molar-refractivity contribution in [1.29, 1.82) is 0 Å². The van der Waals surface area contributed by atoms with E-state index in [1.54, 1.807) is 18.2 Å². The molecule has 0 fully saturated rings. The van der Waals surface area contributed by atoms with Crippen molar-refractivity contribution in [2.24, 2.45) is 0 Å². The summed E-state index contributed by atoms with van der Waals surface area (Å²) in [5.41, 5.74) is 0.837. The van der Waals surface area contributed by atoms with Crippen LogP contribution in [0.5, 0.6) is 0 Å². The van der Waals surface area contributed by atoms with Crippen LogP contribution in [0.3, 0.4) is 0 Å². The van der Waals surface area contributed by atoms with E-state index in [1.807, 2.05) is 12.1 Å². The van der Waals surface area contributed by atoms with Crippen molar-refractivity contribution in [1.82, 2.24) is 4.72 Å². The van der Waals surface area contributed by atoms with E-state index in [0.717, 1.165) is 5.56 Å². The van der Waals surface area contributed by atoms with Gasteiger partial charge in [-0.25, -0.2) is 8.42 Å². The Bertz CT molecular complexity index is 448. The Balaban J connectivity index is 2.68. The maximum atomic E-state index is 11.5. The topological polar surface area (TPSA) is 46.2 Å². The molecule has 0 saturated carbocycles. The third-order valence-corrected chi connectivity index (χ3v) is 3.36. The van der Waals surface area contributed by atoms with Gasteiger partial charge in [-0.15, -0.1) is 0 Å². The molecule has 13 heavy (non-hydrogen) atoms. The second-order valence-electron chi connectivity index (χ2n) is 2.84. The summed E-state index contributed by atoms with van der Waals surface area (Å²) < 4.78 is 25.4. The van der Waals surface area contributed by atoms with Crippen LogP contribution >= 0.6 is 0 Å². The zero-order chi connectivity index (χ0) is 9.31. The molecule has 1 aliphatic rings. The molecule has 68 valence electrons. The molecule has 0 radical (unpaired) electrons. The molecule has 0 amide bonds. The van der Waals surface area contributed by atoms with E-state index in [2.05, 4.69) is 4.72 Å². The first-order chi connectivity index (χ1) is 6.20. The lowest BCUT2D eigenvalue weighted by atomic mass is 10.1. The summed E-state index contributed by atoms with van der Waals surface area (Å²) in [6.07, 6.45) is 3.92. The number of hydrogen-bond acceptors (Lipinski definition) is 2. The van der Waals surface area contributed by atoms with Gasteiger partial charge in [-0.2, -0.15) is 0 Å². The molecule has 1 aliphatic heterocycles. The molecule has 1 aromatic rings. The van der Waals surface area contributed by atoms with Gasteiger partial charge >= 0.3 is 0 Å². The number of rotatable bonds is 0. The van der Waals surface area contributed by atoms with Crippen LogP contribution in [0.4, 0.5) is 0 Å². The van der Waals surface area contributed by atoms with Crippen LogP contribution in [0, 0.1) is 0 Å². The van der Waals surface area contributed by atoms with Crippen LogP contribution in [-0.4, -0.2) is 8.42 Å². The fraction of sp³-hybridized carbons (Fsp3) is 0.111. The highest BCUT2D eigenvalue weighted by Crippen LogP contribution is 2.17. The van der Waals surface area contributed by atoms with Crippen LogP contribution < -0.4 is 4.72 Å². The first-order valence-corrected chi connectivity index (χ1v) is 5.44. The quantitative estimate of drug-likeness (QED) is 0.672. The highest BCUT2D eigenvalue weighted by Gasteiger charge is 2.17. The Morgan fingerprint density at radius 2 is 2.00 bits per heavy atom. The molecule has 0 unspecified atom stereocenters. The number of hydrogen-bond donors (Lipinski definition) is 1. The molecule has 3 nitrogen and oxygen atoms in total. The van der Waals surface area contributed by atoms with Gasteiger partial charge in [0.15, 0.2) is 0 Å². The lowest BCUT2D eigenvalue weighted by molar-refractivity contribution is 0.590. The number of fused-ring (bicyclic) bond motifs is 1. The van der Waals surface area contributed by atoms with Crippen molar-refractivity contribution in [3.8, 4) is 0 Å². The van der Waals surface area contributed by atoms with E-state index in [0.29, 0.717) is 11.3 Å². The second-order valence-corrected chi connectivity index (χ2v) is 4.52. The lowest BCUT2D eigenvalue weighted by Gasteiger charge is -2.04. The first kappa shape index (κ1) is 8.31.